The summed E-state index contributed by atoms with van der Waals surface area (Å²) in [5, 5.41) is 28.7. The average Bonchev–Trinajstić information content (AvgIpc) is 3.33. The van der Waals surface area contributed by atoms with E-state index in [0.717, 1.165) is 13.8 Å². The van der Waals surface area contributed by atoms with E-state index in [9.17, 15) is 43.8 Å². The molecule has 17 nitrogen and oxygen atoms in total. The van der Waals surface area contributed by atoms with Crippen molar-refractivity contribution in [3.8, 4) is 0 Å². The Hall–Kier alpha value is -6.56. The van der Waals surface area contributed by atoms with Crippen LogP contribution in [-0.2, 0) is 57.2 Å². The first kappa shape index (κ1) is 53.2. The van der Waals surface area contributed by atoms with Gasteiger partial charge in [0.15, 0.2) is 23.6 Å². The molecule has 3 fully saturated rings. The van der Waals surface area contributed by atoms with E-state index in [1.54, 1.807) is 107 Å². The molecule has 1 amide bonds. The number of aliphatic hydroxyl groups excluding tert-OH is 1. The zero-order chi connectivity index (χ0) is 52.5. The SMILES string of the molecule is CC(=O)O[C@H]1C(=O)[C@]2(C)[C@@H](OC(=O)CCCC(=O)C(C)C)C[C@H]3OC[C@@]3(OC(C)=O)[C@H]2[C@H](OC(=O)c2ccccc2)[C@]2(O)C[C@H](OC(=O)[C@H](O)[C@@H](NC(=O)c3ccccc3)c3ccccc3)C(C)=C1C2(C)C. The fourth-order valence-corrected chi connectivity index (χ4v) is 11.2. The Morgan fingerprint density at radius 3 is 1.94 bits per heavy atom. The van der Waals surface area contributed by atoms with E-state index in [1.165, 1.54) is 26.0 Å². The van der Waals surface area contributed by atoms with Gasteiger partial charge >= 0.3 is 29.8 Å². The molecule has 0 radical (unpaired) electrons. The lowest BCUT2D eigenvalue weighted by Crippen LogP contribution is -2.82. The van der Waals surface area contributed by atoms with Gasteiger partial charge in [-0.15, -0.1) is 0 Å². The minimum Gasteiger partial charge on any atom is -0.461 e. The van der Waals surface area contributed by atoms with Gasteiger partial charge in [-0.05, 0) is 61.2 Å². The fraction of sp³-hybridized carbons (Fsp3) is 0.491. The van der Waals surface area contributed by atoms with Gasteiger partial charge in [-0.2, -0.15) is 0 Å². The number of hydrogen-bond acceptors (Lipinski definition) is 16. The predicted octanol–water partition coefficient (Wildman–Crippen LogP) is 5.68. The first-order chi connectivity index (χ1) is 34.0. The minimum absolute atomic E-state index is 0.0304. The van der Waals surface area contributed by atoms with Crippen molar-refractivity contribution in [2.45, 2.75) is 141 Å². The molecular weight excluding hydrogens is 931 g/mol. The maximum atomic E-state index is 16.2. The number of hydrogen-bond donors (Lipinski definition) is 3. The number of benzene rings is 3. The molecule has 17 heteroatoms. The van der Waals surface area contributed by atoms with Crippen LogP contribution >= 0.6 is 0 Å². The highest BCUT2D eigenvalue weighted by Crippen LogP contribution is 2.65. The van der Waals surface area contributed by atoms with Crippen molar-refractivity contribution < 1.29 is 77.0 Å². The number of carbonyl (C=O) groups excluding carboxylic acids is 8. The number of ether oxygens (including phenoxy) is 6. The summed E-state index contributed by atoms with van der Waals surface area (Å²) in [6.07, 6.45) is -10.9. The molecule has 0 unspecified atom stereocenters. The number of ketones is 2. The molecule has 72 heavy (non-hydrogen) atoms. The standard InChI is InChI=1S/C55H63NO16/c1-30(2)37(59)25-18-26-41(60)70-39-27-40-54(29-67-40,72-33(5)58)46-48(71-50(64)36-23-16-11-17-24-36)55(66)28-38(31(3)42(52(55,6)7)45(68-32(4)57)47(62)53(39,46)8)69-51(65)44(61)43(34-19-12-9-13-20-34)56-49(63)35-21-14-10-15-22-35/h9-17,19-24,30,38-40,43-46,48,61,66H,18,25-29H2,1-8H3,(H,56,63)/t38-,39-,40+,43-,44+,45+,46-,48-,53+,54-,55+/m0/s1. The molecule has 1 heterocycles. The van der Waals surface area contributed by atoms with Crippen LogP contribution in [0, 0.1) is 22.7 Å². The topological polar surface area (TPSA) is 244 Å². The van der Waals surface area contributed by atoms with Gasteiger partial charge < -0.3 is 44.0 Å². The number of Topliss-reactive ketones (excluding diaryl/α,β-unsaturated/α-hetero) is 2. The molecule has 384 valence electrons. The average molecular weight is 994 g/mol. The number of fused-ring (bicyclic) bond motifs is 5. The van der Waals surface area contributed by atoms with Crippen molar-refractivity contribution in [1.29, 1.82) is 0 Å². The van der Waals surface area contributed by atoms with Crippen LogP contribution in [0.1, 0.15) is 120 Å². The molecule has 3 aromatic carbocycles. The first-order valence-electron chi connectivity index (χ1n) is 24.2. The summed E-state index contributed by atoms with van der Waals surface area (Å²) in [5.74, 6) is -8.29. The Morgan fingerprint density at radius 2 is 1.39 bits per heavy atom. The van der Waals surface area contributed by atoms with Crippen LogP contribution in [0.5, 0.6) is 0 Å². The maximum absolute atomic E-state index is 16.2. The van der Waals surface area contributed by atoms with Crippen molar-refractivity contribution in [1.82, 2.24) is 5.32 Å². The Morgan fingerprint density at radius 1 is 0.792 bits per heavy atom. The molecule has 3 aliphatic carbocycles. The van der Waals surface area contributed by atoms with E-state index >= 15 is 4.79 Å². The van der Waals surface area contributed by atoms with E-state index in [-0.39, 0.29) is 66.3 Å². The highest BCUT2D eigenvalue weighted by atomic mass is 16.6. The zero-order valence-electron chi connectivity index (χ0n) is 41.7. The van der Waals surface area contributed by atoms with Crippen molar-refractivity contribution in [2.75, 3.05) is 6.61 Å². The van der Waals surface area contributed by atoms with Crippen molar-refractivity contribution in [3.05, 3.63) is 119 Å². The molecule has 3 N–H and O–H groups in total. The molecular formula is C55H63NO16. The van der Waals surface area contributed by atoms with Gasteiger partial charge in [0.2, 0.25) is 0 Å². The third kappa shape index (κ3) is 9.85. The van der Waals surface area contributed by atoms with Crippen LogP contribution in [0.2, 0.25) is 0 Å². The van der Waals surface area contributed by atoms with Crippen molar-refractivity contribution in [2.24, 2.45) is 22.7 Å². The lowest BCUT2D eigenvalue weighted by atomic mass is 9.44. The second-order valence-electron chi connectivity index (χ2n) is 20.3. The quantitative estimate of drug-likeness (QED) is 0.0888. The van der Waals surface area contributed by atoms with Crippen LogP contribution in [0.3, 0.4) is 0 Å². The van der Waals surface area contributed by atoms with Crippen LogP contribution in [0.4, 0.5) is 0 Å². The van der Waals surface area contributed by atoms with Gasteiger partial charge in [0.1, 0.15) is 35.8 Å². The molecule has 11 atom stereocenters. The van der Waals surface area contributed by atoms with E-state index in [2.05, 4.69) is 5.32 Å². The van der Waals surface area contributed by atoms with Gasteiger partial charge in [0.05, 0.1) is 29.5 Å². The number of aliphatic hydroxyl groups is 2. The predicted molar refractivity (Wildman–Crippen MR) is 255 cm³/mol. The summed E-state index contributed by atoms with van der Waals surface area (Å²) in [6, 6.07) is 22.7. The smallest absolute Gasteiger partial charge is 0.338 e. The Kier molecular flexibility index (Phi) is 15.4. The van der Waals surface area contributed by atoms with Gasteiger partial charge in [-0.1, -0.05) is 94.4 Å². The molecule has 4 aliphatic rings. The number of nitrogens with one attached hydrogen (secondary N) is 1. The Bertz CT molecular complexity index is 2610. The fourth-order valence-electron chi connectivity index (χ4n) is 11.2. The van der Waals surface area contributed by atoms with Gasteiger partial charge in [-0.3, -0.25) is 28.8 Å². The summed E-state index contributed by atoms with van der Waals surface area (Å²) in [5.41, 5.74) is -7.56. The van der Waals surface area contributed by atoms with E-state index < -0.39 is 119 Å². The summed E-state index contributed by atoms with van der Waals surface area (Å²) < 4.78 is 37.2. The molecule has 2 bridgehead atoms. The molecule has 0 spiro atoms. The summed E-state index contributed by atoms with van der Waals surface area (Å²) in [6.45, 7) is 11.3. The van der Waals surface area contributed by atoms with Crippen molar-refractivity contribution in [3.63, 3.8) is 0 Å². The van der Waals surface area contributed by atoms with Gasteiger partial charge in [-0.25, -0.2) is 9.59 Å². The molecule has 1 aliphatic heterocycles. The molecule has 1 saturated heterocycles. The highest BCUT2D eigenvalue weighted by Gasteiger charge is 2.79. The summed E-state index contributed by atoms with van der Waals surface area (Å²) in [7, 11) is 0. The molecule has 2 saturated carbocycles. The van der Waals surface area contributed by atoms with Crippen LogP contribution in [0.15, 0.2) is 102 Å². The highest BCUT2D eigenvalue weighted by molar-refractivity contribution is 5.96. The van der Waals surface area contributed by atoms with Crippen LogP contribution < -0.4 is 5.32 Å². The molecule has 3 aromatic rings. The zero-order valence-corrected chi connectivity index (χ0v) is 41.7. The Labute approximate surface area is 417 Å². The monoisotopic (exact) mass is 993 g/mol. The van der Waals surface area contributed by atoms with E-state index in [4.69, 9.17) is 28.4 Å². The lowest BCUT2D eigenvalue weighted by molar-refractivity contribution is -0.346. The van der Waals surface area contributed by atoms with E-state index in [0.29, 0.717) is 5.56 Å². The van der Waals surface area contributed by atoms with E-state index in [1.807, 2.05) is 0 Å². The van der Waals surface area contributed by atoms with Crippen LogP contribution in [0.25, 0.3) is 0 Å². The maximum Gasteiger partial charge on any atom is 0.338 e. The molecule has 7 rings (SSSR count). The number of amides is 1. The summed E-state index contributed by atoms with van der Waals surface area (Å²) in [4.78, 5) is 112. The number of carbonyl (C=O) groups is 8. The summed E-state index contributed by atoms with van der Waals surface area (Å²) >= 11 is 0. The molecule has 0 aromatic heterocycles. The second kappa shape index (κ2) is 20.9. The number of esters is 5. The Balaban J connectivity index is 1.40. The van der Waals surface area contributed by atoms with Gasteiger partial charge in [0, 0.05) is 56.4 Å². The second-order valence-corrected chi connectivity index (χ2v) is 20.3. The van der Waals surface area contributed by atoms with Gasteiger partial charge in [0.25, 0.3) is 5.91 Å². The third-order valence-corrected chi connectivity index (χ3v) is 15.2. The largest absolute Gasteiger partial charge is 0.461 e. The minimum atomic E-state index is -2.48. The van der Waals surface area contributed by atoms with Crippen LogP contribution in [-0.4, -0.2) is 112 Å². The normalized spacial score (nSPS) is 29.0. The third-order valence-electron chi connectivity index (χ3n) is 15.2. The van der Waals surface area contributed by atoms with Crippen molar-refractivity contribution >= 4 is 47.3 Å². The number of rotatable bonds is 16. The lowest BCUT2D eigenvalue weighted by Gasteiger charge is -2.67. The first-order valence-corrected chi connectivity index (χ1v) is 24.2.